The van der Waals surface area contributed by atoms with Crippen molar-refractivity contribution in [3.8, 4) is 5.75 Å². The second-order valence-corrected chi connectivity index (χ2v) is 5.36. The monoisotopic (exact) mass is 341 g/mol. The van der Waals surface area contributed by atoms with E-state index in [0.29, 0.717) is 17.0 Å². The number of nitrogens with one attached hydrogen (secondary N) is 2. The first-order chi connectivity index (χ1) is 11.9. The minimum Gasteiger partial charge on any atom is -0.497 e. The number of primary amides is 1. The van der Waals surface area contributed by atoms with Crippen molar-refractivity contribution in [1.82, 2.24) is 5.32 Å². The second-order valence-electron chi connectivity index (χ2n) is 5.36. The largest absolute Gasteiger partial charge is 0.497 e. The highest BCUT2D eigenvalue weighted by atomic mass is 16.5. The fourth-order valence-electron chi connectivity index (χ4n) is 2.14. The van der Waals surface area contributed by atoms with Crippen LogP contribution in [0.15, 0.2) is 48.5 Å². The first-order valence-electron chi connectivity index (χ1n) is 7.56. The molecule has 4 N–H and O–H groups in total. The van der Waals surface area contributed by atoms with Crippen molar-refractivity contribution in [3.63, 3.8) is 0 Å². The fourth-order valence-corrected chi connectivity index (χ4v) is 2.14. The standard InChI is InChI=1S/C18H19N3O4/c1-11(12-5-9-15(25-2)10-6-12)20-17(23)18(24)21-14-7-3-13(4-8-14)16(19)22/h3-11H,1-2H3,(H2,19,22)(H,20,23)(H,21,24). The summed E-state index contributed by atoms with van der Waals surface area (Å²) in [5, 5.41) is 5.08. The van der Waals surface area contributed by atoms with Crippen molar-refractivity contribution in [2.45, 2.75) is 13.0 Å². The van der Waals surface area contributed by atoms with E-state index in [-0.39, 0.29) is 6.04 Å². The Balaban J connectivity index is 1.94. The van der Waals surface area contributed by atoms with Crippen LogP contribution in [0.4, 0.5) is 5.69 Å². The van der Waals surface area contributed by atoms with Crippen LogP contribution in [0.25, 0.3) is 0 Å². The third kappa shape index (κ3) is 4.81. The van der Waals surface area contributed by atoms with Gasteiger partial charge in [-0.2, -0.15) is 0 Å². The molecule has 0 aromatic heterocycles. The lowest BCUT2D eigenvalue weighted by Crippen LogP contribution is -2.36. The summed E-state index contributed by atoms with van der Waals surface area (Å²) >= 11 is 0. The van der Waals surface area contributed by atoms with Crippen molar-refractivity contribution >= 4 is 23.4 Å². The Kier molecular flexibility index (Phi) is 5.73. The molecule has 0 saturated carbocycles. The molecule has 0 fully saturated rings. The molecule has 7 nitrogen and oxygen atoms in total. The van der Waals surface area contributed by atoms with Gasteiger partial charge in [-0.3, -0.25) is 14.4 Å². The molecule has 0 bridgehead atoms. The lowest BCUT2D eigenvalue weighted by molar-refractivity contribution is -0.136. The van der Waals surface area contributed by atoms with Crippen molar-refractivity contribution in [2.75, 3.05) is 12.4 Å². The molecule has 25 heavy (non-hydrogen) atoms. The van der Waals surface area contributed by atoms with Crippen LogP contribution in [0.3, 0.4) is 0 Å². The fraction of sp³-hybridized carbons (Fsp3) is 0.167. The van der Waals surface area contributed by atoms with Crippen molar-refractivity contribution in [2.24, 2.45) is 5.73 Å². The van der Waals surface area contributed by atoms with E-state index in [4.69, 9.17) is 10.5 Å². The van der Waals surface area contributed by atoms with E-state index >= 15 is 0 Å². The van der Waals surface area contributed by atoms with E-state index < -0.39 is 17.7 Å². The Morgan fingerprint density at radius 3 is 2.08 bits per heavy atom. The second kappa shape index (κ2) is 7.96. The average Bonchev–Trinajstić information content (AvgIpc) is 2.62. The molecular weight excluding hydrogens is 322 g/mol. The smallest absolute Gasteiger partial charge is 0.313 e. The summed E-state index contributed by atoms with van der Waals surface area (Å²) in [4.78, 5) is 35.0. The zero-order valence-corrected chi connectivity index (χ0v) is 13.9. The summed E-state index contributed by atoms with van der Waals surface area (Å²) in [5.74, 6) is -1.42. The molecule has 0 saturated heterocycles. The highest BCUT2D eigenvalue weighted by Gasteiger charge is 2.17. The maximum atomic E-state index is 12.0. The lowest BCUT2D eigenvalue weighted by Gasteiger charge is -2.14. The number of amides is 3. The molecule has 0 radical (unpaired) electrons. The van der Waals surface area contributed by atoms with Gasteiger partial charge in [-0.1, -0.05) is 12.1 Å². The number of anilines is 1. The molecule has 0 aliphatic carbocycles. The average molecular weight is 341 g/mol. The van der Waals surface area contributed by atoms with Crippen LogP contribution < -0.4 is 21.1 Å². The number of rotatable bonds is 5. The minimum atomic E-state index is -0.799. The van der Waals surface area contributed by atoms with Gasteiger partial charge in [0.15, 0.2) is 0 Å². The van der Waals surface area contributed by atoms with E-state index in [0.717, 1.165) is 5.56 Å². The van der Waals surface area contributed by atoms with E-state index in [1.54, 1.807) is 26.2 Å². The van der Waals surface area contributed by atoms with Crippen LogP contribution in [0, 0.1) is 0 Å². The van der Waals surface area contributed by atoms with Crippen molar-refractivity contribution in [3.05, 3.63) is 59.7 Å². The van der Waals surface area contributed by atoms with Gasteiger partial charge in [0.1, 0.15) is 5.75 Å². The Labute approximate surface area is 145 Å². The van der Waals surface area contributed by atoms with Crippen LogP contribution in [-0.4, -0.2) is 24.8 Å². The highest BCUT2D eigenvalue weighted by molar-refractivity contribution is 6.39. The van der Waals surface area contributed by atoms with Crippen LogP contribution in [0.1, 0.15) is 28.9 Å². The Hall–Kier alpha value is -3.35. The minimum absolute atomic E-state index is 0.315. The normalized spacial score (nSPS) is 11.3. The first-order valence-corrected chi connectivity index (χ1v) is 7.56. The van der Waals surface area contributed by atoms with Crippen molar-refractivity contribution < 1.29 is 19.1 Å². The molecule has 2 rings (SSSR count). The maximum absolute atomic E-state index is 12.0. The maximum Gasteiger partial charge on any atom is 0.313 e. The number of nitrogens with two attached hydrogens (primary N) is 1. The summed E-state index contributed by atoms with van der Waals surface area (Å²) in [6.45, 7) is 1.77. The third-order valence-corrected chi connectivity index (χ3v) is 3.60. The number of hydrogen-bond acceptors (Lipinski definition) is 4. The van der Waals surface area contributed by atoms with Gasteiger partial charge < -0.3 is 21.1 Å². The molecule has 7 heteroatoms. The molecule has 1 atom stereocenters. The number of carbonyl (C=O) groups is 3. The predicted octanol–water partition coefficient (Wildman–Crippen LogP) is 1.61. The number of ether oxygens (including phenoxy) is 1. The molecule has 0 spiro atoms. The molecule has 0 aliphatic heterocycles. The molecule has 2 aromatic carbocycles. The van der Waals surface area contributed by atoms with Gasteiger partial charge in [0.25, 0.3) is 0 Å². The van der Waals surface area contributed by atoms with Crippen molar-refractivity contribution in [1.29, 1.82) is 0 Å². The SMILES string of the molecule is COc1ccc(C(C)NC(=O)C(=O)Nc2ccc(C(N)=O)cc2)cc1. The molecule has 1 unspecified atom stereocenters. The van der Waals surface area contributed by atoms with Crippen LogP contribution in [0.2, 0.25) is 0 Å². The summed E-state index contributed by atoms with van der Waals surface area (Å²) in [6, 6.07) is 12.8. The van der Waals surface area contributed by atoms with Gasteiger partial charge in [0.2, 0.25) is 5.91 Å². The first kappa shape index (κ1) is 18.0. The van der Waals surface area contributed by atoms with Crippen LogP contribution in [-0.2, 0) is 9.59 Å². The summed E-state index contributed by atoms with van der Waals surface area (Å²) in [6.07, 6.45) is 0. The van der Waals surface area contributed by atoms with Crippen LogP contribution >= 0.6 is 0 Å². The van der Waals surface area contributed by atoms with Crippen LogP contribution in [0.5, 0.6) is 5.75 Å². The Bertz CT molecular complexity index is 770. The number of methoxy groups -OCH3 is 1. The number of carbonyl (C=O) groups excluding carboxylic acids is 3. The molecule has 2 aromatic rings. The van der Waals surface area contributed by atoms with Gasteiger partial charge in [0, 0.05) is 11.3 Å². The summed E-state index contributed by atoms with van der Waals surface area (Å²) in [7, 11) is 1.57. The summed E-state index contributed by atoms with van der Waals surface area (Å²) in [5.41, 5.74) is 6.69. The molecule has 0 heterocycles. The molecular formula is C18H19N3O4. The van der Waals surface area contributed by atoms with Gasteiger partial charge in [-0.05, 0) is 48.9 Å². The van der Waals surface area contributed by atoms with E-state index in [9.17, 15) is 14.4 Å². The summed E-state index contributed by atoms with van der Waals surface area (Å²) < 4.78 is 5.08. The number of benzene rings is 2. The topological polar surface area (TPSA) is 111 Å². The van der Waals surface area contributed by atoms with Gasteiger partial charge >= 0.3 is 11.8 Å². The third-order valence-electron chi connectivity index (χ3n) is 3.60. The molecule has 3 amide bonds. The Morgan fingerprint density at radius 2 is 1.56 bits per heavy atom. The van der Waals surface area contributed by atoms with Gasteiger partial charge in [-0.15, -0.1) is 0 Å². The molecule has 130 valence electrons. The molecule has 0 aliphatic rings. The van der Waals surface area contributed by atoms with E-state index in [2.05, 4.69) is 10.6 Å². The van der Waals surface area contributed by atoms with Gasteiger partial charge in [-0.25, -0.2) is 0 Å². The quantitative estimate of drug-likeness (QED) is 0.718. The van der Waals surface area contributed by atoms with E-state index in [1.807, 2.05) is 12.1 Å². The zero-order chi connectivity index (χ0) is 18.4. The van der Waals surface area contributed by atoms with E-state index in [1.165, 1.54) is 24.3 Å². The zero-order valence-electron chi connectivity index (χ0n) is 13.9. The van der Waals surface area contributed by atoms with Gasteiger partial charge in [0.05, 0.1) is 13.2 Å². The Morgan fingerprint density at radius 1 is 0.960 bits per heavy atom. The number of hydrogen-bond donors (Lipinski definition) is 3. The predicted molar refractivity (Wildman–Crippen MR) is 93.1 cm³/mol. The highest BCUT2D eigenvalue weighted by Crippen LogP contribution is 2.17. The lowest BCUT2D eigenvalue weighted by atomic mass is 10.1.